The molecule has 1 saturated carbocycles. The number of pyridine rings is 1. The van der Waals surface area contributed by atoms with Crippen LogP contribution in [0.2, 0.25) is 0 Å². The average molecular weight is 496 g/mol. The van der Waals surface area contributed by atoms with E-state index in [4.69, 9.17) is 5.73 Å². The molecule has 3 heterocycles. The molecule has 0 bridgehead atoms. The molecule has 0 saturated heterocycles. The molecule has 1 fully saturated rings. The molecule has 1 aliphatic rings. The van der Waals surface area contributed by atoms with Crippen LogP contribution in [0.3, 0.4) is 0 Å². The van der Waals surface area contributed by atoms with Gasteiger partial charge in [0, 0.05) is 42.2 Å². The van der Waals surface area contributed by atoms with Gasteiger partial charge in [-0.15, -0.1) is 0 Å². The Balaban J connectivity index is 1.52. The maximum Gasteiger partial charge on any atom is 0.269 e. The Kier molecular flexibility index (Phi) is 6.43. The van der Waals surface area contributed by atoms with Crippen LogP contribution < -0.4 is 16.4 Å². The van der Waals surface area contributed by atoms with Crippen molar-refractivity contribution in [2.75, 3.05) is 17.6 Å². The molecule has 0 spiro atoms. The van der Waals surface area contributed by atoms with Crippen LogP contribution in [0.4, 0.5) is 11.5 Å². The second-order valence-corrected chi connectivity index (χ2v) is 9.49. The van der Waals surface area contributed by atoms with E-state index in [1.807, 2.05) is 41.9 Å². The average Bonchev–Trinajstić information content (AvgIpc) is 3.17. The van der Waals surface area contributed by atoms with Crippen LogP contribution in [0.25, 0.3) is 33.4 Å². The Morgan fingerprint density at radius 1 is 1.08 bits per heavy atom. The third-order valence-electron chi connectivity index (χ3n) is 6.86. The maximum atomic E-state index is 12.6. The van der Waals surface area contributed by atoms with Gasteiger partial charge in [0.1, 0.15) is 23.5 Å². The minimum absolute atomic E-state index is 0.174. The van der Waals surface area contributed by atoms with E-state index in [0.717, 1.165) is 22.4 Å². The van der Waals surface area contributed by atoms with Crippen molar-refractivity contribution in [3.05, 3.63) is 66.8 Å². The van der Waals surface area contributed by atoms with Gasteiger partial charge in [0.25, 0.3) is 11.8 Å². The first kappa shape index (κ1) is 24.2. The van der Waals surface area contributed by atoms with Crippen LogP contribution in [0.15, 0.2) is 61.1 Å². The molecule has 9 heteroatoms. The summed E-state index contributed by atoms with van der Waals surface area (Å²) < 4.78 is 1.96. The quantitative estimate of drug-likeness (QED) is 0.328. The molecule has 4 aromatic rings. The van der Waals surface area contributed by atoms with Gasteiger partial charge in [0.2, 0.25) is 0 Å². The molecular formula is C28H29N7O2. The zero-order valence-corrected chi connectivity index (χ0v) is 20.9. The summed E-state index contributed by atoms with van der Waals surface area (Å²) >= 11 is 0. The summed E-state index contributed by atoms with van der Waals surface area (Å²) in [4.78, 5) is 37.7. The van der Waals surface area contributed by atoms with Crippen molar-refractivity contribution >= 4 is 34.4 Å². The molecule has 4 N–H and O–H groups in total. The number of nitrogens with two attached hydrogens (primary N) is 1. The fourth-order valence-electron chi connectivity index (χ4n) is 4.54. The number of nitrogen functional groups attached to an aromatic ring is 1. The fourth-order valence-corrected chi connectivity index (χ4v) is 4.54. The molecule has 0 unspecified atom stereocenters. The van der Waals surface area contributed by atoms with Gasteiger partial charge >= 0.3 is 0 Å². The predicted octanol–water partition coefficient (Wildman–Crippen LogP) is 4.32. The first-order chi connectivity index (χ1) is 17.8. The van der Waals surface area contributed by atoms with Gasteiger partial charge < -0.3 is 20.9 Å². The number of hydrogen-bond donors (Lipinski definition) is 3. The number of anilines is 2. The van der Waals surface area contributed by atoms with E-state index in [9.17, 15) is 9.59 Å². The van der Waals surface area contributed by atoms with E-state index in [0.29, 0.717) is 46.3 Å². The smallest absolute Gasteiger partial charge is 0.269 e. The molecule has 0 atom stereocenters. The van der Waals surface area contributed by atoms with Gasteiger partial charge in [-0.25, -0.2) is 9.97 Å². The van der Waals surface area contributed by atoms with E-state index in [2.05, 4.69) is 32.2 Å². The second-order valence-electron chi connectivity index (χ2n) is 9.49. The third kappa shape index (κ3) is 4.67. The van der Waals surface area contributed by atoms with Crippen LogP contribution >= 0.6 is 0 Å². The van der Waals surface area contributed by atoms with E-state index < -0.39 is 0 Å². The van der Waals surface area contributed by atoms with Crippen LogP contribution in [0.1, 0.15) is 36.7 Å². The minimum atomic E-state index is -0.232. The number of hydrogen-bond acceptors (Lipinski definition) is 6. The Labute approximate surface area is 214 Å². The predicted molar refractivity (Wildman–Crippen MR) is 145 cm³/mol. The summed E-state index contributed by atoms with van der Waals surface area (Å²) in [5.74, 6) is 0.523. The maximum absolute atomic E-state index is 12.6. The number of carbonyl (C=O) groups is 2. The normalized spacial score (nSPS) is 13.2. The van der Waals surface area contributed by atoms with Crippen molar-refractivity contribution in [2.45, 2.75) is 26.2 Å². The highest BCUT2D eigenvalue weighted by atomic mass is 16.2. The Morgan fingerprint density at radius 3 is 2.43 bits per heavy atom. The van der Waals surface area contributed by atoms with Crippen molar-refractivity contribution in [2.24, 2.45) is 13.0 Å². The second kappa shape index (κ2) is 9.85. The summed E-state index contributed by atoms with van der Waals surface area (Å²) in [7, 11) is 1.92. The zero-order valence-electron chi connectivity index (χ0n) is 20.9. The van der Waals surface area contributed by atoms with E-state index in [1.165, 1.54) is 25.6 Å². The molecule has 1 aliphatic carbocycles. The van der Waals surface area contributed by atoms with Crippen LogP contribution in [0.5, 0.6) is 0 Å². The van der Waals surface area contributed by atoms with Gasteiger partial charge in [-0.1, -0.05) is 31.2 Å². The van der Waals surface area contributed by atoms with Crippen molar-refractivity contribution < 1.29 is 9.59 Å². The number of nitrogens with one attached hydrogen (secondary N) is 2. The SMILES string of the molecule is C=C(C)C(=O)Nc1ccc(-c2c(-c3ccc(C(=O)NCC4CCC4)nc3)c3c(N)ncnc3n2C)cc1. The van der Waals surface area contributed by atoms with Gasteiger partial charge in [-0.2, -0.15) is 0 Å². The first-order valence-electron chi connectivity index (χ1n) is 12.2. The highest BCUT2D eigenvalue weighted by Crippen LogP contribution is 2.41. The first-order valence-corrected chi connectivity index (χ1v) is 12.2. The number of nitrogens with zero attached hydrogens (tertiary/aromatic N) is 4. The summed E-state index contributed by atoms with van der Waals surface area (Å²) in [5.41, 5.74) is 11.8. The van der Waals surface area contributed by atoms with Gasteiger partial charge in [-0.3, -0.25) is 14.6 Å². The lowest BCUT2D eigenvalue weighted by molar-refractivity contribution is -0.112. The molecule has 188 valence electrons. The fraction of sp³-hybridized carbons (Fsp3) is 0.250. The molecule has 3 aromatic heterocycles. The lowest BCUT2D eigenvalue weighted by atomic mass is 9.85. The molecule has 0 aliphatic heterocycles. The van der Waals surface area contributed by atoms with E-state index in [1.54, 1.807) is 19.2 Å². The number of fused-ring (bicyclic) bond motifs is 1. The number of rotatable bonds is 7. The zero-order chi connectivity index (χ0) is 26.1. The van der Waals surface area contributed by atoms with Crippen molar-refractivity contribution in [1.29, 1.82) is 0 Å². The highest BCUT2D eigenvalue weighted by molar-refractivity contribution is 6.08. The Morgan fingerprint density at radius 2 is 1.81 bits per heavy atom. The number of carbonyl (C=O) groups excluding carboxylic acids is 2. The van der Waals surface area contributed by atoms with Gasteiger partial charge in [0.15, 0.2) is 0 Å². The van der Waals surface area contributed by atoms with Crippen molar-refractivity contribution in [3.8, 4) is 22.4 Å². The lowest BCUT2D eigenvalue weighted by Crippen LogP contribution is -2.32. The molecule has 37 heavy (non-hydrogen) atoms. The van der Waals surface area contributed by atoms with Crippen LogP contribution in [0, 0.1) is 5.92 Å². The Bertz CT molecular complexity index is 1500. The molecule has 5 rings (SSSR count). The highest BCUT2D eigenvalue weighted by Gasteiger charge is 2.23. The summed E-state index contributed by atoms with van der Waals surface area (Å²) in [6.45, 7) is 6.02. The number of amides is 2. The van der Waals surface area contributed by atoms with Crippen LogP contribution in [-0.2, 0) is 11.8 Å². The van der Waals surface area contributed by atoms with E-state index in [-0.39, 0.29) is 11.8 Å². The van der Waals surface area contributed by atoms with Gasteiger partial charge in [-0.05, 0) is 49.4 Å². The topological polar surface area (TPSA) is 128 Å². The van der Waals surface area contributed by atoms with Crippen LogP contribution in [-0.4, -0.2) is 37.9 Å². The molecule has 9 nitrogen and oxygen atoms in total. The third-order valence-corrected chi connectivity index (χ3v) is 6.86. The minimum Gasteiger partial charge on any atom is -0.383 e. The largest absolute Gasteiger partial charge is 0.383 e. The number of aryl methyl sites for hydroxylation is 1. The Hall–Kier alpha value is -4.53. The van der Waals surface area contributed by atoms with Crippen molar-refractivity contribution in [3.63, 3.8) is 0 Å². The molecular weight excluding hydrogens is 466 g/mol. The van der Waals surface area contributed by atoms with Gasteiger partial charge in [0.05, 0.1) is 11.1 Å². The summed E-state index contributed by atoms with van der Waals surface area (Å²) in [6, 6.07) is 11.1. The number of benzene rings is 1. The lowest BCUT2D eigenvalue weighted by Gasteiger charge is -2.25. The summed E-state index contributed by atoms with van der Waals surface area (Å²) in [5, 5.41) is 6.52. The van der Waals surface area contributed by atoms with E-state index >= 15 is 0 Å². The monoisotopic (exact) mass is 495 g/mol. The van der Waals surface area contributed by atoms with Crippen molar-refractivity contribution in [1.82, 2.24) is 24.8 Å². The molecule has 2 amide bonds. The molecule has 1 aromatic carbocycles. The standard InChI is InChI=1S/C28H29N7O2/c1-16(2)27(36)34-20-10-7-18(8-11-20)24-22(23-25(29)32-15-33-26(23)35(24)3)19-9-12-21(30-14-19)28(37)31-13-17-5-4-6-17/h7-12,14-15,17H,1,4-6,13H2,2-3H3,(H,31,37)(H,34,36)(H2,29,32,33). The molecule has 0 radical (unpaired) electrons. The number of aromatic nitrogens is 4. The summed E-state index contributed by atoms with van der Waals surface area (Å²) in [6.07, 6.45) is 6.70.